The van der Waals surface area contributed by atoms with E-state index in [1.807, 2.05) is 7.11 Å². The van der Waals surface area contributed by atoms with Crippen LogP contribution in [-0.4, -0.2) is 13.2 Å². The van der Waals surface area contributed by atoms with Crippen LogP contribution in [0.2, 0.25) is 0 Å². The molecular weight excluding hydrogens is 148 g/mol. The van der Waals surface area contributed by atoms with Crippen LogP contribution in [0, 0.1) is 16.7 Å². The quantitative estimate of drug-likeness (QED) is 0.585. The second kappa shape index (κ2) is 2.25. The molecule has 2 aliphatic rings. The zero-order valence-electron chi connectivity index (χ0n) is 8.68. The van der Waals surface area contributed by atoms with Crippen molar-refractivity contribution in [1.82, 2.24) is 0 Å². The van der Waals surface area contributed by atoms with E-state index in [9.17, 15) is 0 Å². The molecule has 0 saturated heterocycles. The standard InChI is InChI=1S/C11H20O/c1-10(2)8-5-6-11(10,3)9(7-8)12-4/h8-9H,5-7H2,1-4H3. The Balaban J connectivity index is 2.33. The predicted octanol–water partition coefficient (Wildman–Crippen LogP) is 2.85. The Hall–Kier alpha value is -0.0400. The van der Waals surface area contributed by atoms with Crippen LogP contribution in [-0.2, 0) is 4.74 Å². The van der Waals surface area contributed by atoms with E-state index in [1.54, 1.807) is 0 Å². The van der Waals surface area contributed by atoms with Crippen molar-refractivity contribution in [3.05, 3.63) is 0 Å². The van der Waals surface area contributed by atoms with Gasteiger partial charge in [-0.1, -0.05) is 20.8 Å². The summed E-state index contributed by atoms with van der Waals surface area (Å²) >= 11 is 0. The van der Waals surface area contributed by atoms with Crippen molar-refractivity contribution in [2.75, 3.05) is 7.11 Å². The van der Waals surface area contributed by atoms with Gasteiger partial charge in [-0.2, -0.15) is 0 Å². The highest BCUT2D eigenvalue weighted by molar-refractivity contribution is 5.10. The minimum absolute atomic E-state index is 0.451. The van der Waals surface area contributed by atoms with Gasteiger partial charge in [0.25, 0.3) is 0 Å². The third-order valence-electron chi connectivity index (χ3n) is 5.00. The summed E-state index contributed by atoms with van der Waals surface area (Å²) in [7, 11) is 1.87. The van der Waals surface area contributed by atoms with E-state index in [0.717, 1.165) is 5.92 Å². The maximum absolute atomic E-state index is 5.58. The van der Waals surface area contributed by atoms with Crippen molar-refractivity contribution in [1.29, 1.82) is 0 Å². The number of fused-ring (bicyclic) bond motifs is 2. The van der Waals surface area contributed by atoms with Gasteiger partial charge in [0.2, 0.25) is 0 Å². The van der Waals surface area contributed by atoms with Gasteiger partial charge in [-0.15, -0.1) is 0 Å². The van der Waals surface area contributed by atoms with Gasteiger partial charge in [-0.25, -0.2) is 0 Å². The normalized spacial score (nSPS) is 50.0. The van der Waals surface area contributed by atoms with Crippen molar-refractivity contribution >= 4 is 0 Å². The minimum Gasteiger partial charge on any atom is -0.381 e. The summed E-state index contributed by atoms with van der Waals surface area (Å²) in [5.41, 5.74) is 0.958. The SMILES string of the molecule is COC1CC2CCC1(C)C2(C)C. The summed E-state index contributed by atoms with van der Waals surface area (Å²) in [4.78, 5) is 0. The molecule has 0 heterocycles. The first-order valence-electron chi connectivity index (χ1n) is 5.05. The number of ether oxygens (including phenoxy) is 1. The molecular formula is C11H20O. The van der Waals surface area contributed by atoms with Crippen molar-refractivity contribution in [2.24, 2.45) is 16.7 Å². The van der Waals surface area contributed by atoms with Gasteiger partial charge in [0.05, 0.1) is 6.10 Å². The highest BCUT2D eigenvalue weighted by Crippen LogP contribution is 2.66. The van der Waals surface area contributed by atoms with Gasteiger partial charge in [-0.3, -0.25) is 0 Å². The Morgan fingerprint density at radius 1 is 1.25 bits per heavy atom. The zero-order chi connectivity index (χ0) is 8.98. The lowest BCUT2D eigenvalue weighted by atomic mass is 9.70. The molecule has 1 nitrogen and oxygen atoms in total. The largest absolute Gasteiger partial charge is 0.381 e. The molecule has 2 rings (SSSR count). The molecule has 3 unspecified atom stereocenters. The summed E-state index contributed by atoms with van der Waals surface area (Å²) in [6.07, 6.45) is 4.60. The number of methoxy groups -OCH3 is 1. The van der Waals surface area contributed by atoms with E-state index >= 15 is 0 Å². The highest BCUT2D eigenvalue weighted by Gasteiger charge is 2.61. The van der Waals surface area contributed by atoms with Crippen LogP contribution in [0.5, 0.6) is 0 Å². The van der Waals surface area contributed by atoms with Crippen LogP contribution in [0.25, 0.3) is 0 Å². The Labute approximate surface area is 75.5 Å². The van der Waals surface area contributed by atoms with Crippen molar-refractivity contribution in [3.63, 3.8) is 0 Å². The third-order valence-corrected chi connectivity index (χ3v) is 5.00. The molecule has 0 aromatic heterocycles. The lowest BCUT2D eigenvalue weighted by Crippen LogP contribution is -2.36. The predicted molar refractivity (Wildman–Crippen MR) is 50.0 cm³/mol. The molecule has 12 heavy (non-hydrogen) atoms. The molecule has 0 aliphatic heterocycles. The fraction of sp³-hybridized carbons (Fsp3) is 1.00. The summed E-state index contributed by atoms with van der Waals surface area (Å²) in [5.74, 6) is 0.910. The average Bonchev–Trinajstić information content (AvgIpc) is 2.34. The lowest BCUT2D eigenvalue weighted by Gasteiger charge is -2.38. The Bertz CT molecular complexity index is 197. The number of rotatable bonds is 1. The molecule has 2 bridgehead atoms. The summed E-state index contributed by atoms with van der Waals surface area (Å²) in [6, 6.07) is 0. The molecule has 2 aliphatic carbocycles. The molecule has 0 spiro atoms. The fourth-order valence-electron chi connectivity index (χ4n) is 3.49. The molecule has 0 N–H and O–H groups in total. The fourth-order valence-corrected chi connectivity index (χ4v) is 3.49. The second-order valence-electron chi connectivity index (χ2n) is 5.33. The van der Waals surface area contributed by atoms with Crippen LogP contribution in [0.15, 0.2) is 0 Å². The van der Waals surface area contributed by atoms with Crippen molar-refractivity contribution < 1.29 is 4.74 Å². The third kappa shape index (κ3) is 0.736. The van der Waals surface area contributed by atoms with E-state index in [2.05, 4.69) is 20.8 Å². The summed E-state index contributed by atoms with van der Waals surface area (Å²) in [5, 5.41) is 0. The van der Waals surface area contributed by atoms with E-state index in [1.165, 1.54) is 19.3 Å². The molecule has 2 fully saturated rings. The molecule has 1 heteroatoms. The van der Waals surface area contributed by atoms with Crippen molar-refractivity contribution in [3.8, 4) is 0 Å². The van der Waals surface area contributed by atoms with Crippen LogP contribution >= 0.6 is 0 Å². The molecule has 0 aromatic rings. The van der Waals surface area contributed by atoms with Crippen LogP contribution in [0.1, 0.15) is 40.0 Å². The van der Waals surface area contributed by atoms with Crippen molar-refractivity contribution in [2.45, 2.75) is 46.1 Å². The molecule has 0 aromatic carbocycles. The minimum atomic E-state index is 0.451. The molecule has 3 atom stereocenters. The van der Waals surface area contributed by atoms with Gasteiger partial charge < -0.3 is 4.74 Å². The molecule has 70 valence electrons. The summed E-state index contributed by atoms with van der Waals surface area (Å²) in [6.45, 7) is 7.25. The molecule has 0 amide bonds. The van der Waals surface area contributed by atoms with Gasteiger partial charge in [0.15, 0.2) is 0 Å². The Morgan fingerprint density at radius 3 is 2.17 bits per heavy atom. The first-order valence-corrected chi connectivity index (χ1v) is 5.05. The van der Waals surface area contributed by atoms with E-state index in [4.69, 9.17) is 4.74 Å². The topological polar surface area (TPSA) is 9.23 Å². The van der Waals surface area contributed by atoms with Gasteiger partial charge in [-0.05, 0) is 36.0 Å². The number of hydrogen-bond acceptors (Lipinski definition) is 1. The molecule has 0 radical (unpaired) electrons. The maximum Gasteiger partial charge on any atom is 0.0632 e. The van der Waals surface area contributed by atoms with E-state index < -0.39 is 0 Å². The van der Waals surface area contributed by atoms with Crippen LogP contribution in [0.4, 0.5) is 0 Å². The smallest absolute Gasteiger partial charge is 0.0632 e. The zero-order valence-corrected chi connectivity index (χ0v) is 8.68. The van der Waals surface area contributed by atoms with Gasteiger partial charge in [0, 0.05) is 7.11 Å². The number of hydrogen-bond donors (Lipinski definition) is 0. The Morgan fingerprint density at radius 2 is 1.92 bits per heavy atom. The Kier molecular flexibility index (Phi) is 1.61. The van der Waals surface area contributed by atoms with Crippen LogP contribution < -0.4 is 0 Å². The maximum atomic E-state index is 5.58. The molecule has 2 saturated carbocycles. The summed E-state index contributed by atoms with van der Waals surface area (Å²) < 4.78 is 5.58. The average molecular weight is 168 g/mol. The first kappa shape index (κ1) is 8.55. The van der Waals surface area contributed by atoms with E-state index in [0.29, 0.717) is 16.9 Å². The highest BCUT2D eigenvalue weighted by atomic mass is 16.5. The van der Waals surface area contributed by atoms with Gasteiger partial charge in [0.1, 0.15) is 0 Å². The van der Waals surface area contributed by atoms with Crippen LogP contribution in [0.3, 0.4) is 0 Å². The monoisotopic (exact) mass is 168 g/mol. The lowest BCUT2D eigenvalue weighted by molar-refractivity contribution is -0.0200. The van der Waals surface area contributed by atoms with E-state index in [-0.39, 0.29) is 0 Å². The first-order chi connectivity index (χ1) is 5.52. The second-order valence-corrected chi connectivity index (χ2v) is 5.33. The van der Waals surface area contributed by atoms with Gasteiger partial charge >= 0.3 is 0 Å².